The third-order valence-electron chi connectivity index (χ3n) is 3.22. The molecule has 108 valence electrons. The summed E-state index contributed by atoms with van der Waals surface area (Å²) in [6.45, 7) is 7.19. The summed E-state index contributed by atoms with van der Waals surface area (Å²) in [7, 11) is 1.90. The Bertz CT molecular complexity index is 582. The van der Waals surface area contributed by atoms with Crippen molar-refractivity contribution in [1.82, 2.24) is 5.32 Å². The molecule has 0 amide bonds. The van der Waals surface area contributed by atoms with Crippen LogP contribution >= 0.6 is 11.6 Å². The molecule has 0 saturated carbocycles. The summed E-state index contributed by atoms with van der Waals surface area (Å²) in [4.78, 5) is 0. The standard InChI is InChI=1S/C16H20ClNO2/c1-10-5-14(17)6-11(2)16(10)19-9-13-7-15(8-18-4)20-12(13)3/h5-7,18H,8-9H2,1-4H3. The van der Waals surface area contributed by atoms with Crippen LogP contribution in [0.3, 0.4) is 0 Å². The fraction of sp³-hybridized carbons (Fsp3) is 0.375. The number of aryl methyl sites for hydroxylation is 3. The topological polar surface area (TPSA) is 34.4 Å². The Kier molecular flexibility index (Phi) is 4.73. The molecule has 0 saturated heterocycles. The number of halogens is 1. The van der Waals surface area contributed by atoms with Gasteiger partial charge in [-0.25, -0.2) is 0 Å². The first-order chi connectivity index (χ1) is 9.51. The smallest absolute Gasteiger partial charge is 0.125 e. The van der Waals surface area contributed by atoms with E-state index in [0.29, 0.717) is 6.61 Å². The maximum atomic E-state index is 6.03. The number of furan rings is 1. The summed E-state index contributed by atoms with van der Waals surface area (Å²) in [5.74, 6) is 2.72. The first-order valence-electron chi connectivity index (χ1n) is 6.63. The molecular weight excluding hydrogens is 274 g/mol. The molecule has 1 aromatic heterocycles. The highest BCUT2D eigenvalue weighted by Gasteiger charge is 2.10. The van der Waals surface area contributed by atoms with Crippen LogP contribution in [0.1, 0.15) is 28.2 Å². The minimum Gasteiger partial charge on any atom is -0.488 e. The molecule has 0 aliphatic carbocycles. The van der Waals surface area contributed by atoms with E-state index in [1.165, 1.54) is 0 Å². The van der Waals surface area contributed by atoms with Gasteiger partial charge in [-0.05, 0) is 57.1 Å². The minimum atomic E-state index is 0.502. The van der Waals surface area contributed by atoms with Gasteiger partial charge in [0.2, 0.25) is 0 Å². The van der Waals surface area contributed by atoms with Crippen molar-refractivity contribution in [2.24, 2.45) is 0 Å². The predicted octanol–water partition coefficient (Wildman–Crippen LogP) is 4.16. The van der Waals surface area contributed by atoms with Crippen LogP contribution in [0.5, 0.6) is 5.75 Å². The second-order valence-corrected chi connectivity index (χ2v) is 5.42. The third-order valence-corrected chi connectivity index (χ3v) is 3.44. The lowest BCUT2D eigenvalue weighted by Gasteiger charge is -2.12. The zero-order chi connectivity index (χ0) is 14.7. The number of rotatable bonds is 5. The number of hydrogen-bond acceptors (Lipinski definition) is 3. The van der Waals surface area contributed by atoms with Gasteiger partial charge in [-0.15, -0.1) is 0 Å². The Labute approximate surface area is 124 Å². The molecule has 20 heavy (non-hydrogen) atoms. The van der Waals surface area contributed by atoms with Crippen LogP contribution in [0.2, 0.25) is 5.02 Å². The first-order valence-corrected chi connectivity index (χ1v) is 7.01. The average Bonchev–Trinajstić information content (AvgIpc) is 2.69. The summed E-state index contributed by atoms with van der Waals surface area (Å²) in [5, 5.41) is 3.81. The third kappa shape index (κ3) is 3.35. The molecule has 1 heterocycles. The minimum absolute atomic E-state index is 0.502. The molecule has 0 radical (unpaired) electrons. The summed E-state index contributed by atoms with van der Waals surface area (Å²) in [6, 6.07) is 5.86. The number of benzene rings is 1. The summed E-state index contributed by atoms with van der Waals surface area (Å²) >= 11 is 6.03. The van der Waals surface area contributed by atoms with Crippen molar-refractivity contribution in [3.8, 4) is 5.75 Å². The highest BCUT2D eigenvalue weighted by Crippen LogP contribution is 2.28. The van der Waals surface area contributed by atoms with Crippen molar-refractivity contribution in [1.29, 1.82) is 0 Å². The largest absolute Gasteiger partial charge is 0.488 e. The van der Waals surface area contributed by atoms with E-state index in [0.717, 1.165) is 45.5 Å². The molecule has 1 N–H and O–H groups in total. The molecule has 2 rings (SSSR count). The van der Waals surface area contributed by atoms with Crippen molar-refractivity contribution in [2.75, 3.05) is 7.05 Å². The Morgan fingerprint density at radius 1 is 1.15 bits per heavy atom. The molecule has 4 heteroatoms. The van der Waals surface area contributed by atoms with Gasteiger partial charge in [-0.1, -0.05) is 11.6 Å². The van der Waals surface area contributed by atoms with Crippen molar-refractivity contribution in [2.45, 2.75) is 33.9 Å². The van der Waals surface area contributed by atoms with Crippen molar-refractivity contribution < 1.29 is 9.15 Å². The highest BCUT2D eigenvalue weighted by atomic mass is 35.5. The number of hydrogen-bond donors (Lipinski definition) is 1. The van der Waals surface area contributed by atoms with E-state index < -0.39 is 0 Å². The Morgan fingerprint density at radius 3 is 2.40 bits per heavy atom. The average molecular weight is 294 g/mol. The van der Waals surface area contributed by atoms with Crippen LogP contribution in [0.25, 0.3) is 0 Å². The van der Waals surface area contributed by atoms with Crippen LogP contribution in [0.4, 0.5) is 0 Å². The molecule has 0 spiro atoms. The van der Waals surface area contributed by atoms with Gasteiger partial charge < -0.3 is 14.5 Å². The molecule has 0 unspecified atom stereocenters. The van der Waals surface area contributed by atoms with Gasteiger partial charge in [0.25, 0.3) is 0 Å². The van der Waals surface area contributed by atoms with E-state index >= 15 is 0 Å². The monoisotopic (exact) mass is 293 g/mol. The summed E-state index contributed by atoms with van der Waals surface area (Å²) in [5.41, 5.74) is 3.17. The first kappa shape index (κ1) is 14.9. The normalized spacial score (nSPS) is 10.8. The van der Waals surface area contributed by atoms with Gasteiger partial charge in [0.15, 0.2) is 0 Å². The molecule has 0 atom stereocenters. The number of nitrogens with one attached hydrogen (secondary N) is 1. The fourth-order valence-corrected chi connectivity index (χ4v) is 2.59. The molecule has 0 aliphatic heterocycles. The van der Waals surface area contributed by atoms with E-state index in [1.54, 1.807) is 0 Å². The van der Waals surface area contributed by atoms with Gasteiger partial charge >= 0.3 is 0 Å². The van der Waals surface area contributed by atoms with Crippen molar-refractivity contribution in [3.63, 3.8) is 0 Å². The van der Waals surface area contributed by atoms with Gasteiger partial charge in [-0.2, -0.15) is 0 Å². The second kappa shape index (κ2) is 6.33. The van der Waals surface area contributed by atoms with Crippen LogP contribution in [0.15, 0.2) is 22.6 Å². The SMILES string of the molecule is CNCc1cc(COc2c(C)cc(Cl)cc2C)c(C)o1. The molecule has 2 aromatic rings. The Hall–Kier alpha value is -1.45. The molecule has 1 aromatic carbocycles. The lowest BCUT2D eigenvalue weighted by molar-refractivity contribution is 0.299. The van der Waals surface area contributed by atoms with Gasteiger partial charge in [0.1, 0.15) is 23.9 Å². The quantitative estimate of drug-likeness (QED) is 0.899. The molecule has 0 aliphatic rings. The zero-order valence-electron chi connectivity index (χ0n) is 12.3. The van der Waals surface area contributed by atoms with Crippen LogP contribution < -0.4 is 10.1 Å². The van der Waals surface area contributed by atoms with Gasteiger partial charge in [-0.3, -0.25) is 0 Å². The second-order valence-electron chi connectivity index (χ2n) is 4.98. The van der Waals surface area contributed by atoms with E-state index in [9.17, 15) is 0 Å². The zero-order valence-corrected chi connectivity index (χ0v) is 13.1. The predicted molar refractivity (Wildman–Crippen MR) is 81.5 cm³/mol. The molecule has 3 nitrogen and oxygen atoms in total. The van der Waals surface area contributed by atoms with Crippen LogP contribution in [-0.2, 0) is 13.2 Å². The Morgan fingerprint density at radius 2 is 1.80 bits per heavy atom. The van der Waals surface area contributed by atoms with E-state index in [2.05, 4.69) is 5.32 Å². The molecule has 0 bridgehead atoms. The maximum absolute atomic E-state index is 6.03. The van der Waals surface area contributed by atoms with Crippen LogP contribution in [-0.4, -0.2) is 7.05 Å². The summed E-state index contributed by atoms with van der Waals surface area (Å²) in [6.07, 6.45) is 0. The lowest BCUT2D eigenvalue weighted by atomic mass is 10.1. The van der Waals surface area contributed by atoms with Crippen molar-refractivity contribution in [3.05, 3.63) is 51.4 Å². The van der Waals surface area contributed by atoms with E-state index in [4.69, 9.17) is 20.8 Å². The van der Waals surface area contributed by atoms with Gasteiger partial charge in [0.05, 0.1) is 6.54 Å². The maximum Gasteiger partial charge on any atom is 0.125 e. The molecular formula is C16H20ClNO2. The van der Waals surface area contributed by atoms with E-state index in [1.807, 2.05) is 46.0 Å². The van der Waals surface area contributed by atoms with Gasteiger partial charge in [0, 0.05) is 10.6 Å². The number of ether oxygens (including phenoxy) is 1. The van der Waals surface area contributed by atoms with Crippen molar-refractivity contribution >= 4 is 11.6 Å². The fourth-order valence-electron chi connectivity index (χ4n) is 2.27. The molecule has 0 fully saturated rings. The van der Waals surface area contributed by atoms with Crippen LogP contribution in [0, 0.1) is 20.8 Å². The Balaban J connectivity index is 2.13. The summed E-state index contributed by atoms with van der Waals surface area (Å²) < 4.78 is 11.6. The highest BCUT2D eigenvalue weighted by molar-refractivity contribution is 6.30. The lowest BCUT2D eigenvalue weighted by Crippen LogP contribution is -2.03. The van der Waals surface area contributed by atoms with E-state index in [-0.39, 0.29) is 0 Å².